The highest BCUT2D eigenvalue weighted by molar-refractivity contribution is 7.17. The van der Waals surface area contributed by atoms with Crippen LogP contribution in [0, 0.1) is 5.41 Å². The molecule has 1 amide bonds. The number of thiazole rings is 1. The second-order valence-electron chi connectivity index (χ2n) is 7.78. The molecule has 7 nitrogen and oxygen atoms in total. The number of nitrogens with zero attached hydrogens (tertiary/aromatic N) is 1. The Labute approximate surface area is 183 Å². The van der Waals surface area contributed by atoms with Gasteiger partial charge in [-0.3, -0.25) is 0 Å². The van der Waals surface area contributed by atoms with E-state index in [2.05, 4.69) is 10.3 Å². The first-order valence-electron chi connectivity index (χ1n) is 9.94. The lowest BCUT2D eigenvalue weighted by Gasteiger charge is -2.56. The van der Waals surface area contributed by atoms with E-state index in [1.165, 1.54) is 0 Å². The Hall–Kier alpha value is -2.32. The standard InChI is InChI=1S/C21H23ClN2O5S/c1-2-27-18(25)16-17(24-19(22)30-16)29-15-10-21(11-15)8-14(9-21)23-20(26)28-12-13-6-4-3-5-7-13/h3-7,14-15H,2,8-12H2,1H3,(H,23,26). The van der Waals surface area contributed by atoms with Crippen molar-refractivity contribution in [1.29, 1.82) is 0 Å². The predicted molar refractivity (Wildman–Crippen MR) is 112 cm³/mol. The van der Waals surface area contributed by atoms with E-state index < -0.39 is 5.97 Å². The van der Waals surface area contributed by atoms with Crippen molar-refractivity contribution >= 4 is 35.0 Å². The first-order chi connectivity index (χ1) is 14.5. The summed E-state index contributed by atoms with van der Waals surface area (Å²) in [5, 5.41) is 2.92. The number of alkyl carbamates (subject to hydrolysis) is 1. The van der Waals surface area contributed by atoms with Gasteiger partial charge in [0.25, 0.3) is 0 Å². The summed E-state index contributed by atoms with van der Waals surface area (Å²) in [6.07, 6.45) is 3.12. The number of halogens is 1. The van der Waals surface area contributed by atoms with E-state index >= 15 is 0 Å². The number of rotatable bonds is 7. The van der Waals surface area contributed by atoms with Crippen molar-refractivity contribution in [2.24, 2.45) is 5.41 Å². The maximum Gasteiger partial charge on any atom is 0.407 e. The molecule has 0 aliphatic heterocycles. The molecule has 2 fully saturated rings. The minimum absolute atomic E-state index is 0.0117. The van der Waals surface area contributed by atoms with Crippen LogP contribution in [0.3, 0.4) is 0 Å². The first-order valence-corrected chi connectivity index (χ1v) is 11.1. The van der Waals surface area contributed by atoms with Crippen LogP contribution in [0.5, 0.6) is 5.88 Å². The Morgan fingerprint density at radius 2 is 1.93 bits per heavy atom. The summed E-state index contributed by atoms with van der Waals surface area (Å²) in [5.74, 6) is -0.213. The molecule has 9 heteroatoms. The van der Waals surface area contributed by atoms with Gasteiger partial charge in [0, 0.05) is 6.04 Å². The molecule has 1 N–H and O–H groups in total. The first kappa shape index (κ1) is 20.9. The zero-order valence-corrected chi connectivity index (χ0v) is 18.1. The SMILES string of the molecule is CCOC(=O)c1sc(Cl)nc1OC1CC2(CC(NC(=O)OCc3ccccc3)C2)C1. The van der Waals surface area contributed by atoms with Crippen LogP contribution in [-0.2, 0) is 16.1 Å². The minimum atomic E-state index is -0.465. The fourth-order valence-corrected chi connectivity index (χ4v) is 5.12. The number of amides is 1. The number of aromatic nitrogens is 1. The van der Waals surface area contributed by atoms with Crippen LogP contribution < -0.4 is 10.1 Å². The van der Waals surface area contributed by atoms with Crippen LogP contribution in [0.15, 0.2) is 30.3 Å². The molecule has 2 aromatic rings. The molecule has 0 saturated heterocycles. The monoisotopic (exact) mass is 450 g/mol. The average molecular weight is 451 g/mol. The van der Waals surface area contributed by atoms with E-state index in [1.54, 1.807) is 6.92 Å². The Morgan fingerprint density at radius 1 is 1.20 bits per heavy atom. The lowest BCUT2D eigenvalue weighted by Crippen LogP contribution is -2.58. The third-order valence-electron chi connectivity index (χ3n) is 5.52. The highest BCUT2D eigenvalue weighted by atomic mass is 35.5. The van der Waals surface area contributed by atoms with Crippen LogP contribution in [0.2, 0.25) is 4.47 Å². The summed E-state index contributed by atoms with van der Waals surface area (Å²) < 4.78 is 16.5. The minimum Gasteiger partial charge on any atom is -0.473 e. The molecule has 0 unspecified atom stereocenters. The van der Waals surface area contributed by atoms with Gasteiger partial charge in [-0.25, -0.2) is 9.59 Å². The largest absolute Gasteiger partial charge is 0.473 e. The van der Waals surface area contributed by atoms with Crippen molar-refractivity contribution in [3.8, 4) is 5.88 Å². The van der Waals surface area contributed by atoms with Crippen molar-refractivity contribution in [3.63, 3.8) is 0 Å². The van der Waals surface area contributed by atoms with E-state index in [4.69, 9.17) is 25.8 Å². The molecular weight excluding hydrogens is 428 g/mol. The fraction of sp³-hybridized carbons (Fsp3) is 0.476. The van der Waals surface area contributed by atoms with Gasteiger partial charge in [0.05, 0.1) is 6.61 Å². The number of benzene rings is 1. The number of hydrogen-bond donors (Lipinski definition) is 1. The molecule has 0 atom stereocenters. The van der Waals surface area contributed by atoms with Gasteiger partial charge in [0.2, 0.25) is 5.88 Å². The van der Waals surface area contributed by atoms with Gasteiger partial charge < -0.3 is 19.5 Å². The van der Waals surface area contributed by atoms with E-state index in [0.29, 0.717) is 4.88 Å². The molecule has 2 aliphatic rings. The summed E-state index contributed by atoms with van der Waals surface area (Å²) in [6, 6.07) is 9.71. The second kappa shape index (κ2) is 8.81. The van der Waals surface area contributed by atoms with Gasteiger partial charge >= 0.3 is 12.1 Å². The number of nitrogens with one attached hydrogen (secondary N) is 1. The summed E-state index contributed by atoms with van der Waals surface area (Å²) in [6.45, 7) is 2.29. The van der Waals surface area contributed by atoms with Gasteiger partial charge in [-0.2, -0.15) is 4.98 Å². The number of carbonyl (C=O) groups excluding carboxylic acids is 2. The zero-order valence-electron chi connectivity index (χ0n) is 16.6. The van der Waals surface area contributed by atoms with Crippen LogP contribution in [-0.4, -0.2) is 35.8 Å². The molecule has 0 radical (unpaired) electrons. The van der Waals surface area contributed by atoms with Gasteiger partial charge in [0.15, 0.2) is 9.34 Å². The van der Waals surface area contributed by atoms with E-state index in [-0.39, 0.29) is 47.2 Å². The second-order valence-corrected chi connectivity index (χ2v) is 9.36. The summed E-state index contributed by atoms with van der Waals surface area (Å²) in [5.41, 5.74) is 1.15. The molecule has 2 aliphatic carbocycles. The average Bonchev–Trinajstić information content (AvgIpc) is 3.04. The maximum absolute atomic E-state index is 12.0. The predicted octanol–water partition coefficient (Wildman–Crippen LogP) is 4.59. The highest BCUT2D eigenvalue weighted by Crippen LogP contribution is 2.57. The van der Waals surface area contributed by atoms with Crippen molar-refractivity contribution in [3.05, 3.63) is 45.2 Å². The van der Waals surface area contributed by atoms with Crippen molar-refractivity contribution in [1.82, 2.24) is 10.3 Å². The molecule has 1 heterocycles. The fourth-order valence-electron chi connectivity index (χ4n) is 4.19. The Balaban J connectivity index is 1.19. The normalized spacial score (nSPS) is 24.5. The molecule has 0 bridgehead atoms. The number of ether oxygens (including phenoxy) is 3. The molecule has 4 rings (SSSR count). The van der Waals surface area contributed by atoms with Crippen LogP contribution in [0.25, 0.3) is 0 Å². The number of hydrogen-bond acceptors (Lipinski definition) is 7. The van der Waals surface area contributed by atoms with Gasteiger partial charge in [-0.1, -0.05) is 53.3 Å². The smallest absolute Gasteiger partial charge is 0.407 e. The molecule has 2 saturated carbocycles. The van der Waals surface area contributed by atoms with Gasteiger partial charge in [-0.05, 0) is 43.6 Å². The molecule has 1 aromatic heterocycles. The lowest BCUT2D eigenvalue weighted by molar-refractivity contribution is -0.0856. The number of esters is 1. The quantitative estimate of drug-likeness (QED) is 0.621. The van der Waals surface area contributed by atoms with E-state index in [0.717, 1.165) is 42.6 Å². The maximum atomic E-state index is 12.0. The van der Waals surface area contributed by atoms with Crippen molar-refractivity contribution in [2.75, 3.05) is 6.61 Å². The van der Waals surface area contributed by atoms with E-state index in [1.807, 2.05) is 30.3 Å². The molecule has 1 aromatic carbocycles. The van der Waals surface area contributed by atoms with Crippen molar-refractivity contribution < 1.29 is 23.8 Å². The molecule has 1 spiro atoms. The number of carbonyl (C=O) groups is 2. The van der Waals surface area contributed by atoms with Gasteiger partial charge in [0.1, 0.15) is 12.7 Å². The third kappa shape index (κ3) is 4.70. The van der Waals surface area contributed by atoms with Crippen LogP contribution in [0.4, 0.5) is 4.79 Å². The summed E-state index contributed by atoms with van der Waals surface area (Å²) in [7, 11) is 0. The van der Waals surface area contributed by atoms with Gasteiger partial charge in [-0.15, -0.1) is 0 Å². The highest BCUT2D eigenvalue weighted by Gasteiger charge is 2.54. The Kier molecular flexibility index (Phi) is 6.15. The Morgan fingerprint density at radius 3 is 2.63 bits per heavy atom. The molecule has 30 heavy (non-hydrogen) atoms. The lowest BCUT2D eigenvalue weighted by atomic mass is 9.53. The molecular formula is C21H23ClN2O5S. The van der Waals surface area contributed by atoms with Crippen molar-refractivity contribution in [2.45, 2.75) is 51.4 Å². The zero-order chi connectivity index (χ0) is 21.1. The van der Waals surface area contributed by atoms with E-state index in [9.17, 15) is 9.59 Å². The molecule has 160 valence electrons. The Bertz CT molecular complexity index is 905. The van der Waals surface area contributed by atoms with Crippen LogP contribution >= 0.6 is 22.9 Å². The third-order valence-corrected chi connectivity index (χ3v) is 6.65. The summed E-state index contributed by atoms with van der Waals surface area (Å²) in [4.78, 5) is 28.4. The topological polar surface area (TPSA) is 86.8 Å². The summed E-state index contributed by atoms with van der Waals surface area (Å²) >= 11 is 7.01. The van der Waals surface area contributed by atoms with Crippen LogP contribution in [0.1, 0.15) is 47.8 Å².